The van der Waals surface area contributed by atoms with Gasteiger partial charge in [0.1, 0.15) is 0 Å². The van der Waals surface area contributed by atoms with Crippen LogP contribution in [-0.2, 0) is 4.74 Å². The summed E-state index contributed by atoms with van der Waals surface area (Å²) < 4.78 is 5.11. The molecule has 0 aromatic heterocycles. The van der Waals surface area contributed by atoms with Crippen molar-refractivity contribution in [2.45, 2.75) is 6.17 Å². The third kappa shape index (κ3) is 3.13. The molecule has 1 unspecified atom stereocenters. The quantitative estimate of drug-likeness (QED) is 0.483. The molecule has 1 aliphatic rings. The highest BCUT2D eigenvalue weighted by molar-refractivity contribution is 4.68. The number of hydrogen-bond acceptors (Lipinski definition) is 4. The zero-order valence-electron chi connectivity index (χ0n) is 6.49. The van der Waals surface area contributed by atoms with Crippen molar-refractivity contribution in [3.63, 3.8) is 0 Å². The summed E-state index contributed by atoms with van der Waals surface area (Å²) in [6.45, 7) is 2.98. The average molecular weight is 164 g/mol. The summed E-state index contributed by atoms with van der Waals surface area (Å²) in [7, 11) is 0. The molecule has 11 heavy (non-hydrogen) atoms. The van der Waals surface area contributed by atoms with Crippen LogP contribution in [0, 0.1) is 0 Å². The van der Waals surface area contributed by atoms with Crippen molar-refractivity contribution in [1.29, 1.82) is 0 Å². The maximum atomic E-state index is 8.60. The Balaban J connectivity index is 0.000001000. The van der Waals surface area contributed by atoms with Crippen LogP contribution < -0.4 is 5.73 Å². The zero-order chi connectivity index (χ0) is 7.40. The predicted molar refractivity (Wildman–Crippen MR) is 41.1 cm³/mol. The molecule has 1 saturated heterocycles. The first-order chi connectivity index (χ1) is 4.84. The number of ether oxygens (including phenoxy) is 1. The minimum atomic E-state index is -0.0269. The van der Waals surface area contributed by atoms with E-state index >= 15 is 0 Å². The molecule has 1 atom stereocenters. The lowest BCUT2D eigenvalue weighted by molar-refractivity contribution is -0.0111. The van der Waals surface area contributed by atoms with Crippen molar-refractivity contribution in [3.8, 4) is 0 Å². The van der Waals surface area contributed by atoms with Gasteiger partial charge >= 0.3 is 0 Å². The van der Waals surface area contributed by atoms with Crippen molar-refractivity contribution in [2.75, 3.05) is 32.9 Å². The topological polar surface area (TPSA) is 90.2 Å². The Morgan fingerprint density at radius 1 is 1.64 bits per heavy atom. The van der Waals surface area contributed by atoms with E-state index in [9.17, 15) is 0 Å². The van der Waals surface area contributed by atoms with Gasteiger partial charge in [0.05, 0.1) is 26.0 Å². The molecule has 0 radical (unpaired) electrons. The minimum absolute atomic E-state index is 0. The van der Waals surface area contributed by atoms with Gasteiger partial charge in [-0.25, -0.2) is 0 Å². The molecule has 0 bridgehead atoms. The van der Waals surface area contributed by atoms with E-state index in [0.29, 0.717) is 13.2 Å². The first-order valence-electron chi connectivity index (χ1n) is 3.53. The molecular formula is C6H16N2O3. The molecule has 0 aromatic carbocycles. The number of hydrogen-bond donors (Lipinski definition) is 2. The maximum absolute atomic E-state index is 8.60. The van der Waals surface area contributed by atoms with E-state index in [-0.39, 0.29) is 18.2 Å². The summed E-state index contributed by atoms with van der Waals surface area (Å²) in [6, 6.07) is 0. The van der Waals surface area contributed by atoms with Gasteiger partial charge in [-0.2, -0.15) is 0 Å². The highest BCUT2D eigenvalue weighted by Gasteiger charge is 2.17. The standard InChI is InChI=1S/C6H14N2O2.H2O/c7-6-5-10-4-2-8(6)1-3-9;/h6,9H,1-5,7H2;1H2. The van der Waals surface area contributed by atoms with E-state index in [1.165, 1.54) is 0 Å². The number of aliphatic hydroxyl groups excluding tert-OH is 1. The first kappa shape index (κ1) is 10.8. The van der Waals surface area contributed by atoms with Crippen LogP contribution in [0.1, 0.15) is 0 Å². The van der Waals surface area contributed by atoms with E-state index in [2.05, 4.69) is 0 Å². The molecule has 1 rings (SSSR count). The van der Waals surface area contributed by atoms with Gasteiger partial charge in [-0.1, -0.05) is 0 Å². The Hall–Kier alpha value is -0.200. The highest BCUT2D eigenvalue weighted by Crippen LogP contribution is 1.99. The molecule has 5 N–H and O–H groups in total. The number of morpholine rings is 1. The smallest absolute Gasteiger partial charge is 0.0814 e. The van der Waals surface area contributed by atoms with E-state index in [0.717, 1.165) is 13.2 Å². The summed E-state index contributed by atoms with van der Waals surface area (Å²) in [5.74, 6) is 0. The Morgan fingerprint density at radius 2 is 2.36 bits per heavy atom. The van der Waals surface area contributed by atoms with Crippen LogP contribution >= 0.6 is 0 Å². The third-order valence-electron chi connectivity index (χ3n) is 1.67. The van der Waals surface area contributed by atoms with Crippen LogP contribution in [0.4, 0.5) is 0 Å². The second-order valence-corrected chi connectivity index (χ2v) is 2.40. The van der Waals surface area contributed by atoms with E-state index < -0.39 is 0 Å². The van der Waals surface area contributed by atoms with Gasteiger partial charge in [0.15, 0.2) is 0 Å². The lowest BCUT2D eigenvalue weighted by Gasteiger charge is -2.32. The molecule has 1 fully saturated rings. The fourth-order valence-corrected chi connectivity index (χ4v) is 1.06. The van der Waals surface area contributed by atoms with Crippen molar-refractivity contribution < 1.29 is 15.3 Å². The second-order valence-electron chi connectivity index (χ2n) is 2.40. The van der Waals surface area contributed by atoms with E-state index in [1.807, 2.05) is 4.90 Å². The molecule has 0 amide bonds. The lowest BCUT2D eigenvalue weighted by Crippen LogP contribution is -2.51. The van der Waals surface area contributed by atoms with Crippen LogP contribution in [0.15, 0.2) is 0 Å². The first-order valence-corrected chi connectivity index (χ1v) is 3.53. The second kappa shape index (κ2) is 5.45. The Morgan fingerprint density at radius 3 is 2.91 bits per heavy atom. The van der Waals surface area contributed by atoms with E-state index in [1.54, 1.807) is 0 Å². The summed E-state index contributed by atoms with van der Waals surface area (Å²) in [5.41, 5.74) is 5.65. The molecule has 1 aliphatic heterocycles. The van der Waals surface area contributed by atoms with Gasteiger partial charge in [-0.15, -0.1) is 0 Å². The summed E-state index contributed by atoms with van der Waals surface area (Å²) >= 11 is 0. The fourth-order valence-electron chi connectivity index (χ4n) is 1.06. The Bertz CT molecular complexity index is 99.8. The highest BCUT2D eigenvalue weighted by atomic mass is 16.5. The molecule has 5 heteroatoms. The molecule has 5 nitrogen and oxygen atoms in total. The maximum Gasteiger partial charge on any atom is 0.0814 e. The van der Waals surface area contributed by atoms with Gasteiger partial charge in [0, 0.05) is 13.1 Å². The number of β-amino-alcohol motifs (C(OH)–C–C–N with tert-alkyl or cyclic N) is 1. The van der Waals surface area contributed by atoms with Crippen LogP contribution in [0.2, 0.25) is 0 Å². The monoisotopic (exact) mass is 164 g/mol. The Kier molecular flexibility index (Phi) is 5.35. The molecule has 0 aliphatic carbocycles. The third-order valence-corrected chi connectivity index (χ3v) is 1.67. The normalized spacial score (nSPS) is 26.2. The van der Waals surface area contributed by atoms with Crippen LogP contribution in [0.5, 0.6) is 0 Å². The van der Waals surface area contributed by atoms with Crippen molar-refractivity contribution in [1.82, 2.24) is 4.90 Å². The summed E-state index contributed by atoms with van der Waals surface area (Å²) in [6.07, 6.45) is -0.0269. The molecule has 0 spiro atoms. The van der Waals surface area contributed by atoms with E-state index in [4.69, 9.17) is 15.6 Å². The van der Waals surface area contributed by atoms with Gasteiger partial charge in [0.25, 0.3) is 0 Å². The summed E-state index contributed by atoms with van der Waals surface area (Å²) in [4.78, 5) is 2.02. The lowest BCUT2D eigenvalue weighted by atomic mass is 10.3. The molecular weight excluding hydrogens is 148 g/mol. The van der Waals surface area contributed by atoms with Gasteiger partial charge < -0.3 is 21.1 Å². The zero-order valence-corrected chi connectivity index (χ0v) is 6.49. The molecule has 1 heterocycles. The van der Waals surface area contributed by atoms with Crippen LogP contribution in [0.25, 0.3) is 0 Å². The number of nitrogens with zero attached hydrogens (tertiary/aromatic N) is 1. The number of aliphatic hydroxyl groups is 1. The van der Waals surface area contributed by atoms with Gasteiger partial charge in [-0.3, -0.25) is 4.90 Å². The minimum Gasteiger partial charge on any atom is -0.412 e. The van der Waals surface area contributed by atoms with Gasteiger partial charge in [0.2, 0.25) is 0 Å². The average Bonchev–Trinajstić information content (AvgIpc) is 1.94. The van der Waals surface area contributed by atoms with Crippen LogP contribution in [0.3, 0.4) is 0 Å². The molecule has 68 valence electrons. The fraction of sp³-hybridized carbons (Fsp3) is 1.00. The van der Waals surface area contributed by atoms with Gasteiger partial charge in [-0.05, 0) is 0 Å². The predicted octanol–water partition coefficient (Wildman–Crippen LogP) is -2.23. The molecule has 0 aromatic rings. The summed E-state index contributed by atoms with van der Waals surface area (Å²) in [5, 5.41) is 8.60. The number of nitrogens with two attached hydrogens (primary N) is 1. The SMILES string of the molecule is NC1COCCN1CCO.O. The molecule has 0 saturated carbocycles. The van der Waals surface area contributed by atoms with Crippen molar-refractivity contribution in [3.05, 3.63) is 0 Å². The van der Waals surface area contributed by atoms with Crippen molar-refractivity contribution >= 4 is 0 Å². The van der Waals surface area contributed by atoms with Crippen molar-refractivity contribution in [2.24, 2.45) is 5.73 Å². The van der Waals surface area contributed by atoms with Crippen LogP contribution in [-0.4, -0.2) is 54.6 Å². The number of rotatable bonds is 2. The Labute approximate surface area is 66.0 Å². The largest absolute Gasteiger partial charge is 0.412 e.